The first-order chi connectivity index (χ1) is 8.22. The molecule has 0 spiro atoms. The molecule has 0 radical (unpaired) electrons. The molecule has 1 aromatic carbocycles. The first-order valence-corrected chi connectivity index (χ1v) is 6.66. The molecule has 1 heterocycles. The molecule has 0 bridgehead atoms. The van der Waals surface area contributed by atoms with E-state index in [4.69, 9.17) is 0 Å². The number of imidazole rings is 1. The Hall–Kier alpha value is -1.49. The lowest BCUT2D eigenvalue weighted by atomic mass is 10.3. The van der Waals surface area contributed by atoms with Crippen molar-refractivity contribution in [1.82, 2.24) is 9.55 Å². The molecular formula is C12H13FN2OS. The van der Waals surface area contributed by atoms with Crippen LogP contribution in [0.3, 0.4) is 0 Å². The summed E-state index contributed by atoms with van der Waals surface area (Å²) in [6, 6.07) is 6.15. The van der Waals surface area contributed by atoms with E-state index in [1.807, 2.05) is 11.5 Å². The first-order valence-electron chi connectivity index (χ1n) is 5.34. The predicted molar refractivity (Wildman–Crippen MR) is 64.4 cm³/mol. The predicted octanol–water partition coefficient (Wildman–Crippen LogP) is 2.35. The fourth-order valence-corrected chi connectivity index (χ4v) is 2.77. The molecule has 0 fully saturated rings. The van der Waals surface area contributed by atoms with Gasteiger partial charge in [0.25, 0.3) is 0 Å². The Morgan fingerprint density at radius 2 is 2.18 bits per heavy atom. The summed E-state index contributed by atoms with van der Waals surface area (Å²) >= 11 is 0. The maximum absolute atomic E-state index is 13.4. The van der Waals surface area contributed by atoms with Crippen molar-refractivity contribution in [2.75, 3.05) is 0 Å². The van der Waals surface area contributed by atoms with Gasteiger partial charge in [-0.2, -0.15) is 0 Å². The molecule has 2 rings (SSSR count). The lowest BCUT2D eigenvalue weighted by Crippen LogP contribution is -2.04. The van der Waals surface area contributed by atoms with E-state index in [9.17, 15) is 8.60 Å². The number of aromatic nitrogens is 2. The van der Waals surface area contributed by atoms with Crippen molar-refractivity contribution in [3.05, 3.63) is 48.3 Å². The van der Waals surface area contributed by atoms with Gasteiger partial charge in [-0.05, 0) is 19.1 Å². The summed E-state index contributed by atoms with van der Waals surface area (Å²) in [6.07, 6.45) is 3.36. The fourth-order valence-electron chi connectivity index (χ4n) is 1.59. The van der Waals surface area contributed by atoms with Crippen LogP contribution in [0, 0.1) is 5.82 Å². The molecule has 5 heteroatoms. The summed E-state index contributed by atoms with van der Waals surface area (Å²) in [5, 5.41) is 0. The van der Waals surface area contributed by atoms with Crippen LogP contribution in [0.1, 0.15) is 12.6 Å². The first kappa shape index (κ1) is 12.0. The Morgan fingerprint density at radius 3 is 2.88 bits per heavy atom. The summed E-state index contributed by atoms with van der Waals surface area (Å²) in [7, 11) is -1.37. The highest BCUT2D eigenvalue weighted by molar-refractivity contribution is 7.84. The van der Waals surface area contributed by atoms with Gasteiger partial charge in [0.1, 0.15) is 5.82 Å². The molecule has 0 N–H and O–H groups in total. The highest BCUT2D eigenvalue weighted by atomic mass is 32.2. The summed E-state index contributed by atoms with van der Waals surface area (Å²) < 4.78 is 27.4. The van der Waals surface area contributed by atoms with E-state index in [0.717, 1.165) is 12.2 Å². The number of rotatable bonds is 4. The second-order valence-corrected chi connectivity index (χ2v) is 5.01. The van der Waals surface area contributed by atoms with Crippen LogP contribution >= 0.6 is 0 Å². The minimum atomic E-state index is -1.37. The Balaban J connectivity index is 2.20. The van der Waals surface area contributed by atoms with Crippen molar-refractivity contribution in [1.29, 1.82) is 0 Å². The van der Waals surface area contributed by atoms with Gasteiger partial charge in [-0.15, -0.1) is 0 Å². The summed E-state index contributed by atoms with van der Waals surface area (Å²) in [5.41, 5.74) is 0.856. The Kier molecular flexibility index (Phi) is 3.68. The van der Waals surface area contributed by atoms with Crippen molar-refractivity contribution in [2.45, 2.75) is 24.1 Å². The van der Waals surface area contributed by atoms with Crippen LogP contribution in [0.5, 0.6) is 0 Å². The van der Waals surface area contributed by atoms with E-state index >= 15 is 0 Å². The summed E-state index contributed by atoms with van der Waals surface area (Å²) in [6.45, 7) is 2.75. The number of hydrogen-bond donors (Lipinski definition) is 0. The quantitative estimate of drug-likeness (QED) is 0.837. The molecule has 1 atom stereocenters. The van der Waals surface area contributed by atoms with Crippen LogP contribution in [-0.2, 0) is 23.1 Å². The van der Waals surface area contributed by atoms with Crippen LogP contribution in [0.15, 0.2) is 41.7 Å². The van der Waals surface area contributed by atoms with Gasteiger partial charge in [-0.25, -0.2) is 9.37 Å². The maximum atomic E-state index is 13.4. The molecule has 0 amide bonds. The molecular weight excluding hydrogens is 239 g/mol. The molecule has 90 valence electrons. The highest BCUT2D eigenvalue weighted by Crippen LogP contribution is 2.15. The zero-order chi connectivity index (χ0) is 12.3. The molecule has 1 aromatic heterocycles. The number of aryl methyl sites for hydroxylation is 1. The minimum Gasteiger partial charge on any atom is -0.334 e. The van der Waals surface area contributed by atoms with Gasteiger partial charge in [0.2, 0.25) is 0 Å². The average molecular weight is 252 g/mol. The Bertz CT molecular complexity index is 539. The van der Waals surface area contributed by atoms with Crippen molar-refractivity contribution < 1.29 is 8.60 Å². The second kappa shape index (κ2) is 5.23. The molecule has 0 saturated heterocycles. The largest absolute Gasteiger partial charge is 0.334 e. The van der Waals surface area contributed by atoms with E-state index in [2.05, 4.69) is 4.98 Å². The third-order valence-electron chi connectivity index (χ3n) is 2.50. The normalized spacial score (nSPS) is 12.6. The number of halogens is 1. The van der Waals surface area contributed by atoms with E-state index in [-0.39, 0.29) is 10.6 Å². The van der Waals surface area contributed by atoms with Gasteiger partial charge in [-0.1, -0.05) is 12.1 Å². The van der Waals surface area contributed by atoms with Gasteiger partial charge in [0.15, 0.2) is 0 Å². The zero-order valence-corrected chi connectivity index (χ0v) is 10.3. The Labute approximate surface area is 102 Å². The molecule has 0 saturated carbocycles. The number of nitrogens with zero attached hydrogens (tertiary/aromatic N) is 2. The summed E-state index contributed by atoms with van der Waals surface area (Å²) in [4.78, 5) is 4.24. The van der Waals surface area contributed by atoms with Crippen molar-refractivity contribution in [3.8, 4) is 0 Å². The van der Waals surface area contributed by atoms with E-state index in [1.165, 1.54) is 6.07 Å². The molecule has 1 unspecified atom stereocenters. The van der Waals surface area contributed by atoms with Crippen LogP contribution < -0.4 is 0 Å². The van der Waals surface area contributed by atoms with Crippen molar-refractivity contribution in [2.24, 2.45) is 0 Å². The molecule has 0 aliphatic rings. The van der Waals surface area contributed by atoms with Gasteiger partial charge in [-0.3, -0.25) is 4.21 Å². The fraction of sp³-hybridized carbons (Fsp3) is 0.250. The number of hydrogen-bond acceptors (Lipinski definition) is 2. The van der Waals surface area contributed by atoms with Crippen LogP contribution in [0.4, 0.5) is 4.39 Å². The average Bonchev–Trinajstić information content (AvgIpc) is 2.76. The van der Waals surface area contributed by atoms with Crippen LogP contribution in [-0.4, -0.2) is 13.8 Å². The van der Waals surface area contributed by atoms with E-state index in [0.29, 0.717) is 0 Å². The third kappa shape index (κ3) is 2.61. The minimum absolute atomic E-state index is 0.247. The van der Waals surface area contributed by atoms with Gasteiger partial charge in [0.05, 0.1) is 33.5 Å². The smallest absolute Gasteiger partial charge is 0.139 e. The molecule has 2 aromatic rings. The van der Waals surface area contributed by atoms with Crippen LogP contribution in [0.2, 0.25) is 0 Å². The second-order valence-electron chi connectivity index (χ2n) is 3.59. The summed E-state index contributed by atoms with van der Waals surface area (Å²) in [5.74, 6) is -0.136. The third-order valence-corrected chi connectivity index (χ3v) is 3.88. The lowest BCUT2D eigenvalue weighted by Gasteiger charge is -2.05. The van der Waals surface area contributed by atoms with Gasteiger partial charge >= 0.3 is 0 Å². The molecule has 0 aliphatic carbocycles. The standard InChI is InChI=1S/C12H13FN2OS/c1-2-15-9-14-7-10(15)8-17(16)12-6-4-3-5-11(12)13/h3-7,9H,2,8H2,1H3. The maximum Gasteiger partial charge on any atom is 0.139 e. The SMILES string of the molecule is CCn1cncc1CS(=O)c1ccccc1F. The van der Waals surface area contributed by atoms with Gasteiger partial charge < -0.3 is 4.57 Å². The van der Waals surface area contributed by atoms with Crippen molar-refractivity contribution >= 4 is 10.8 Å². The molecule has 3 nitrogen and oxygen atoms in total. The monoisotopic (exact) mass is 252 g/mol. The van der Waals surface area contributed by atoms with Crippen LogP contribution in [0.25, 0.3) is 0 Å². The number of benzene rings is 1. The topological polar surface area (TPSA) is 34.9 Å². The van der Waals surface area contributed by atoms with Gasteiger partial charge in [0, 0.05) is 12.7 Å². The Morgan fingerprint density at radius 1 is 1.41 bits per heavy atom. The lowest BCUT2D eigenvalue weighted by molar-refractivity contribution is 0.594. The van der Waals surface area contributed by atoms with E-state index in [1.54, 1.807) is 30.7 Å². The molecule has 17 heavy (non-hydrogen) atoms. The van der Waals surface area contributed by atoms with Crippen molar-refractivity contribution in [3.63, 3.8) is 0 Å². The molecule has 0 aliphatic heterocycles. The van der Waals surface area contributed by atoms with E-state index < -0.39 is 16.6 Å². The zero-order valence-electron chi connectivity index (χ0n) is 9.47. The highest BCUT2D eigenvalue weighted by Gasteiger charge is 2.12.